The van der Waals surface area contributed by atoms with E-state index in [4.69, 9.17) is 0 Å². The number of carbonyl (C=O) groups excluding carboxylic acids is 2. The number of nitrogens with one attached hydrogen (secondary N) is 2. The van der Waals surface area contributed by atoms with E-state index in [1.165, 1.54) is 6.92 Å². The first-order valence-electron chi connectivity index (χ1n) is 7.32. The summed E-state index contributed by atoms with van der Waals surface area (Å²) < 4.78 is 0. The molecule has 0 radical (unpaired) electrons. The number of hydrogen-bond acceptors (Lipinski definition) is 5. The van der Waals surface area contributed by atoms with Crippen LogP contribution in [0.25, 0.3) is 0 Å². The van der Waals surface area contributed by atoms with Crippen molar-refractivity contribution in [2.75, 3.05) is 23.7 Å². The molecule has 2 N–H and O–H groups in total. The minimum absolute atomic E-state index is 0.0218. The van der Waals surface area contributed by atoms with Crippen LogP contribution in [0.15, 0.2) is 42.7 Å². The number of anilines is 2. The van der Waals surface area contributed by atoms with E-state index in [1.54, 1.807) is 47.6 Å². The Labute approximate surface area is 133 Å². The first-order chi connectivity index (χ1) is 11.1. The predicted octanol–water partition coefficient (Wildman–Crippen LogP) is 1.37. The fraction of sp³-hybridized carbons (Fsp3) is 0.250. The van der Waals surface area contributed by atoms with Crippen molar-refractivity contribution >= 4 is 23.5 Å². The monoisotopic (exact) mass is 311 g/mol. The van der Waals surface area contributed by atoms with E-state index in [-0.39, 0.29) is 17.9 Å². The minimum Gasteiger partial charge on any atom is -0.348 e. The summed E-state index contributed by atoms with van der Waals surface area (Å²) in [5.41, 5.74) is 1.28. The average molecular weight is 311 g/mol. The van der Waals surface area contributed by atoms with Crippen LogP contribution in [0, 0.1) is 0 Å². The number of rotatable bonds is 4. The van der Waals surface area contributed by atoms with Crippen LogP contribution in [-0.2, 0) is 4.79 Å². The second kappa shape index (κ2) is 6.43. The molecule has 2 aromatic rings. The van der Waals surface area contributed by atoms with Crippen LogP contribution >= 0.6 is 0 Å². The smallest absolute Gasteiger partial charge is 0.253 e. The lowest BCUT2D eigenvalue weighted by Gasteiger charge is -2.39. The molecule has 2 heterocycles. The summed E-state index contributed by atoms with van der Waals surface area (Å²) in [5.74, 6) is 0.416. The minimum atomic E-state index is -0.135. The molecule has 1 aromatic carbocycles. The number of likely N-dealkylation sites (tertiary alicyclic amines) is 1. The summed E-state index contributed by atoms with van der Waals surface area (Å²) in [6, 6.07) is 8.81. The Morgan fingerprint density at radius 3 is 2.39 bits per heavy atom. The molecule has 3 rings (SSSR count). The summed E-state index contributed by atoms with van der Waals surface area (Å²) in [7, 11) is 0. The molecule has 1 aromatic heterocycles. The van der Waals surface area contributed by atoms with Gasteiger partial charge in [-0.3, -0.25) is 9.59 Å². The van der Waals surface area contributed by atoms with Crippen LogP contribution in [-0.4, -0.2) is 45.8 Å². The Morgan fingerprint density at radius 1 is 1.13 bits per heavy atom. The molecule has 7 heteroatoms. The lowest BCUT2D eigenvalue weighted by atomic mass is 10.1. The van der Waals surface area contributed by atoms with Gasteiger partial charge in [-0.1, -0.05) is 0 Å². The summed E-state index contributed by atoms with van der Waals surface area (Å²) in [6.45, 7) is 2.68. The van der Waals surface area contributed by atoms with Crippen molar-refractivity contribution in [1.29, 1.82) is 0 Å². The maximum atomic E-state index is 12.3. The third-order valence-corrected chi connectivity index (χ3v) is 3.52. The largest absolute Gasteiger partial charge is 0.348 e. The highest BCUT2D eigenvalue weighted by Gasteiger charge is 2.31. The van der Waals surface area contributed by atoms with E-state index in [9.17, 15) is 9.59 Å². The molecule has 2 amide bonds. The number of nitrogens with zero attached hydrogens (tertiary/aromatic N) is 3. The molecule has 0 aliphatic carbocycles. The Balaban J connectivity index is 1.53. The molecule has 1 aliphatic heterocycles. The Morgan fingerprint density at radius 2 is 1.78 bits per heavy atom. The molecule has 0 spiro atoms. The predicted molar refractivity (Wildman–Crippen MR) is 86.1 cm³/mol. The molecular formula is C16H17N5O2. The Kier molecular flexibility index (Phi) is 4.18. The van der Waals surface area contributed by atoms with Crippen molar-refractivity contribution < 1.29 is 9.59 Å². The van der Waals surface area contributed by atoms with Gasteiger partial charge in [0.05, 0.1) is 6.04 Å². The van der Waals surface area contributed by atoms with Crippen molar-refractivity contribution in [2.24, 2.45) is 0 Å². The standard InChI is InChI=1S/C16H17N5O2/c1-11(22)19-13-5-3-12(4-6-13)15(23)21-9-14(10-21)20-16-17-7-2-8-18-16/h2-8,14H,9-10H2,1H3,(H,19,22)(H,17,18,20). The van der Waals surface area contributed by atoms with Crippen LogP contribution < -0.4 is 10.6 Å². The fourth-order valence-electron chi connectivity index (χ4n) is 2.37. The van der Waals surface area contributed by atoms with Gasteiger partial charge in [0.1, 0.15) is 0 Å². The number of carbonyl (C=O) groups is 2. The fourth-order valence-corrected chi connectivity index (χ4v) is 2.37. The SMILES string of the molecule is CC(=O)Nc1ccc(C(=O)N2CC(Nc3ncccn3)C2)cc1. The normalized spacial score (nSPS) is 14.0. The molecule has 1 fully saturated rings. The molecule has 0 saturated carbocycles. The second-order valence-corrected chi connectivity index (χ2v) is 5.38. The number of hydrogen-bond donors (Lipinski definition) is 2. The molecule has 118 valence electrons. The van der Waals surface area contributed by atoms with Gasteiger partial charge < -0.3 is 15.5 Å². The van der Waals surface area contributed by atoms with Gasteiger partial charge >= 0.3 is 0 Å². The van der Waals surface area contributed by atoms with E-state index in [0.29, 0.717) is 30.3 Å². The molecule has 0 unspecified atom stereocenters. The number of amides is 2. The zero-order chi connectivity index (χ0) is 16.2. The first-order valence-corrected chi connectivity index (χ1v) is 7.32. The zero-order valence-electron chi connectivity index (χ0n) is 12.7. The molecular weight excluding hydrogens is 294 g/mol. The highest BCUT2D eigenvalue weighted by Crippen LogP contribution is 2.17. The maximum absolute atomic E-state index is 12.3. The van der Waals surface area contributed by atoms with Gasteiger partial charge in [-0.05, 0) is 30.3 Å². The van der Waals surface area contributed by atoms with Gasteiger partial charge in [-0.2, -0.15) is 0 Å². The zero-order valence-corrected chi connectivity index (χ0v) is 12.7. The molecule has 0 bridgehead atoms. The molecule has 1 saturated heterocycles. The van der Waals surface area contributed by atoms with E-state index in [1.807, 2.05) is 0 Å². The van der Waals surface area contributed by atoms with Crippen molar-refractivity contribution in [1.82, 2.24) is 14.9 Å². The van der Waals surface area contributed by atoms with E-state index in [0.717, 1.165) is 0 Å². The van der Waals surface area contributed by atoms with Crippen LogP contribution in [0.4, 0.5) is 11.6 Å². The van der Waals surface area contributed by atoms with Gasteiger partial charge in [-0.25, -0.2) is 9.97 Å². The van der Waals surface area contributed by atoms with E-state index < -0.39 is 0 Å². The van der Waals surface area contributed by atoms with Crippen molar-refractivity contribution in [3.8, 4) is 0 Å². The quantitative estimate of drug-likeness (QED) is 0.890. The number of benzene rings is 1. The van der Waals surface area contributed by atoms with Crippen LogP contribution in [0.1, 0.15) is 17.3 Å². The van der Waals surface area contributed by atoms with Crippen molar-refractivity contribution in [3.63, 3.8) is 0 Å². The van der Waals surface area contributed by atoms with Crippen LogP contribution in [0.2, 0.25) is 0 Å². The third kappa shape index (κ3) is 3.63. The summed E-state index contributed by atoms with van der Waals surface area (Å²) in [5, 5.41) is 5.86. The van der Waals surface area contributed by atoms with Crippen LogP contribution in [0.5, 0.6) is 0 Å². The van der Waals surface area contributed by atoms with Gasteiger partial charge in [-0.15, -0.1) is 0 Å². The number of aromatic nitrogens is 2. The summed E-state index contributed by atoms with van der Waals surface area (Å²) in [4.78, 5) is 33.3. The van der Waals surface area contributed by atoms with Gasteiger partial charge in [0.15, 0.2) is 0 Å². The molecule has 7 nitrogen and oxygen atoms in total. The van der Waals surface area contributed by atoms with Gasteiger partial charge in [0.2, 0.25) is 11.9 Å². The molecule has 23 heavy (non-hydrogen) atoms. The maximum Gasteiger partial charge on any atom is 0.253 e. The van der Waals surface area contributed by atoms with Gasteiger partial charge in [0, 0.05) is 43.7 Å². The van der Waals surface area contributed by atoms with Gasteiger partial charge in [0.25, 0.3) is 5.91 Å². The Hall–Kier alpha value is -2.96. The topological polar surface area (TPSA) is 87.2 Å². The van der Waals surface area contributed by atoms with Crippen molar-refractivity contribution in [2.45, 2.75) is 13.0 Å². The summed E-state index contributed by atoms with van der Waals surface area (Å²) >= 11 is 0. The third-order valence-electron chi connectivity index (χ3n) is 3.52. The van der Waals surface area contributed by atoms with E-state index in [2.05, 4.69) is 20.6 Å². The average Bonchev–Trinajstić information content (AvgIpc) is 2.51. The summed E-state index contributed by atoms with van der Waals surface area (Å²) in [6.07, 6.45) is 3.35. The lowest BCUT2D eigenvalue weighted by Crippen LogP contribution is -2.57. The molecule has 0 atom stereocenters. The Bertz CT molecular complexity index is 696. The highest BCUT2D eigenvalue weighted by molar-refractivity contribution is 5.96. The highest BCUT2D eigenvalue weighted by atomic mass is 16.2. The van der Waals surface area contributed by atoms with Crippen molar-refractivity contribution in [3.05, 3.63) is 48.3 Å². The second-order valence-electron chi connectivity index (χ2n) is 5.38. The lowest BCUT2D eigenvalue weighted by molar-refractivity contribution is -0.114. The van der Waals surface area contributed by atoms with Crippen LogP contribution in [0.3, 0.4) is 0 Å². The first kappa shape index (κ1) is 15.0. The van der Waals surface area contributed by atoms with E-state index >= 15 is 0 Å². The molecule has 1 aliphatic rings.